The van der Waals surface area contributed by atoms with E-state index in [-0.39, 0.29) is 29.9 Å². The van der Waals surface area contributed by atoms with Crippen LogP contribution in [-0.2, 0) is 16.1 Å². The highest BCUT2D eigenvalue weighted by Crippen LogP contribution is 2.37. The molecule has 4 aliphatic rings. The average molecular weight is 738 g/mol. The van der Waals surface area contributed by atoms with Gasteiger partial charge in [0.05, 0.1) is 0 Å². The van der Waals surface area contributed by atoms with E-state index in [0.717, 1.165) is 75.0 Å². The van der Waals surface area contributed by atoms with Crippen LogP contribution in [0.5, 0.6) is 5.75 Å². The Morgan fingerprint density at radius 3 is 2.05 bits per heavy atom. The summed E-state index contributed by atoms with van der Waals surface area (Å²) in [4.78, 5) is 46.4. The van der Waals surface area contributed by atoms with Crippen molar-refractivity contribution in [3.63, 3.8) is 0 Å². The highest BCUT2D eigenvalue weighted by Gasteiger charge is 2.39. The molecule has 2 N–H and O–H groups in total. The normalized spacial score (nSPS) is 20.1. The smallest absolute Gasteiger partial charge is 0.255 e. The summed E-state index contributed by atoms with van der Waals surface area (Å²) in [5.74, 6) is 0.248. The number of imide groups is 1. The third kappa shape index (κ3) is 7.89. The van der Waals surface area contributed by atoms with Gasteiger partial charge in [0.25, 0.3) is 5.91 Å². The molecule has 284 valence electrons. The second-order valence-corrected chi connectivity index (χ2v) is 15.5. The van der Waals surface area contributed by atoms with Gasteiger partial charge in [0, 0.05) is 69.2 Å². The monoisotopic (exact) mass is 737 g/mol. The molecule has 0 aliphatic carbocycles. The number of hydrogen-bond acceptors (Lipinski definition) is 7. The number of carbonyl (C=O) groups is 3. The van der Waals surface area contributed by atoms with E-state index >= 15 is 0 Å². The van der Waals surface area contributed by atoms with Crippen LogP contribution in [0.4, 0.5) is 11.4 Å². The van der Waals surface area contributed by atoms with E-state index in [4.69, 9.17) is 0 Å². The summed E-state index contributed by atoms with van der Waals surface area (Å²) in [7, 11) is 0. The fraction of sp³-hybridized carbons (Fsp3) is 0.370. The van der Waals surface area contributed by atoms with Gasteiger partial charge in [-0.2, -0.15) is 0 Å². The molecule has 3 fully saturated rings. The quantitative estimate of drug-likeness (QED) is 0.134. The Bertz CT molecular complexity index is 2050. The predicted octanol–water partition coefficient (Wildman–Crippen LogP) is 6.95. The van der Waals surface area contributed by atoms with Crippen molar-refractivity contribution in [2.75, 3.05) is 55.6 Å². The molecule has 4 aliphatic heterocycles. The van der Waals surface area contributed by atoms with Gasteiger partial charge in [0.1, 0.15) is 11.8 Å². The average Bonchev–Trinajstić information content (AvgIpc) is 3.55. The predicted molar refractivity (Wildman–Crippen MR) is 218 cm³/mol. The van der Waals surface area contributed by atoms with E-state index in [0.29, 0.717) is 18.5 Å². The maximum atomic E-state index is 13.1. The molecular formula is C46H51N5O4. The molecule has 1 atom stereocenters. The molecule has 3 amide bonds. The van der Waals surface area contributed by atoms with E-state index in [1.165, 1.54) is 47.2 Å². The summed E-state index contributed by atoms with van der Waals surface area (Å²) in [6.07, 6.45) is 5.18. The minimum atomic E-state index is -0.586. The molecule has 0 spiro atoms. The number of benzene rings is 4. The Balaban J connectivity index is 0.824. The number of amides is 3. The van der Waals surface area contributed by atoms with Gasteiger partial charge in [-0.25, -0.2) is 0 Å². The van der Waals surface area contributed by atoms with Crippen molar-refractivity contribution in [1.29, 1.82) is 0 Å². The number of phenols is 1. The first kappa shape index (κ1) is 36.6. The zero-order valence-electron chi connectivity index (χ0n) is 31.8. The number of nitrogens with zero attached hydrogens (tertiary/aromatic N) is 4. The summed E-state index contributed by atoms with van der Waals surface area (Å²) in [6.45, 7) is 9.84. The number of carbonyl (C=O) groups excluding carboxylic acids is 3. The summed E-state index contributed by atoms with van der Waals surface area (Å²) in [6, 6.07) is 32.8. The number of piperidine rings is 2. The highest BCUT2D eigenvalue weighted by molar-refractivity contribution is 6.05. The molecule has 0 radical (unpaired) electrons. The van der Waals surface area contributed by atoms with Crippen LogP contribution in [0.2, 0.25) is 0 Å². The van der Waals surface area contributed by atoms with Crippen molar-refractivity contribution >= 4 is 40.2 Å². The molecule has 9 nitrogen and oxygen atoms in total. The zero-order chi connectivity index (χ0) is 37.9. The fourth-order valence-electron chi connectivity index (χ4n) is 8.98. The standard InChI is InChI=1S/C46H51N5O4/c1-2-40(33-6-4-3-5-7-33)44(35-10-15-39(52)16-11-35)34-8-12-37(13-9-34)49-24-21-32(22-25-49)20-23-48-26-28-50(29-27-48)38-14-17-41-36(30-38)31-51(46(41)55)42-18-19-43(53)47-45(42)54/h3-17,30,32,42,52H,2,18-29,31H2,1H3,(H,47,53,54)/b44-40+. The molecule has 3 saturated heterocycles. The van der Waals surface area contributed by atoms with Crippen molar-refractivity contribution in [3.8, 4) is 5.75 Å². The number of aromatic hydroxyl groups is 1. The largest absolute Gasteiger partial charge is 0.508 e. The maximum absolute atomic E-state index is 13.1. The molecule has 9 heteroatoms. The Morgan fingerprint density at radius 1 is 0.727 bits per heavy atom. The second kappa shape index (κ2) is 16.1. The number of nitrogens with one attached hydrogen (secondary N) is 1. The lowest BCUT2D eigenvalue weighted by Gasteiger charge is -2.38. The van der Waals surface area contributed by atoms with Crippen molar-refractivity contribution in [3.05, 3.63) is 125 Å². The Kier molecular flexibility index (Phi) is 10.7. The van der Waals surface area contributed by atoms with Gasteiger partial charge < -0.3 is 19.8 Å². The lowest BCUT2D eigenvalue weighted by Crippen LogP contribution is -2.52. The van der Waals surface area contributed by atoms with Gasteiger partial charge in [0.15, 0.2) is 0 Å². The van der Waals surface area contributed by atoms with Crippen molar-refractivity contribution in [1.82, 2.24) is 15.1 Å². The molecule has 0 aromatic heterocycles. The Hall–Kier alpha value is -5.41. The minimum Gasteiger partial charge on any atom is -0.508 e. The fourth-order valence-corrected chi connectivity index (χ4v) is 8.98. The highest BCUT2D eigenvalue weighted by atomic mass is 16.3. The third-order valence-electron chi connectivity index (χ3n) is 12.2. The summed E-state index contributed by atoms with van der Waals surface area (Å²) in [5.41, 5.74) is 10.1. The van der Waals surface area contributed by atoms with Gasteiger partial charge in [-0.1, -0.05) is 61.5 Å². The van der Waals surface area contributed by atoms with Gasteiger partial charge in [-0.05, 0) is 120 Å². The van der Waals surface area contributed by atoms with Crippen LogP contribution in [0.25, 0.3) is 11.1 Å². The summed E-state index contributed by atoms with van der Waals surface area (Å²) < 4.78 is 0. The summed E-state index contributed by atoms with van der Waals surface area (Å²) in [5, 5.41) is 12.4. The van der Waals surface area contributed by atoms with Crippen LogP contribution >= 0.6 is 0 Å². The topological polar surface area (TPSA) is 96.4 Å². The number of allylic oxidation sites excluding steroid dienone is 1. The molecule has 8 rings (SSSR count). The van der Waals surface area contributed by atoms with Crippen molar-refractivity contribution in [2.45, 2.75) is 58.0 Å². The first-order chi connectivity index (χ1) is 26.8. The number of hydrogen-bond donors (Lipinski definition) is 2. The second-order valence-electron chi connectivity index (χ2n) is 15.5. The lowest BCUT2D eigenvalue weighted by molar-refractivity contribution is -0.136. The van der Waals surface area contributed by atoms with E-state index in [1.54, 1.807) is 17.0 Å². The molecule has 4 aromatic carbocycles. The van der Waals surface area contributed by atoms with Gasteiger partial charge in [0.2, 0.25) is 11.8 Å². The first-order valence-corrected chi connectivity index (χ1v) is 20.0. The Morgan fingerprint density at radius 2 is 1.38 bits per heavy atom. The number of anilines is 2. The molecule has 4 heterocycles. The van der Waals surface area contributed by atoms with Crippen LogP contribution in [0.15, 0.2) is 97.1 Å². The van der Waals surface area contributed by atoms with Crippen molar-refractivity contribution < 1.29 is 19.5 Å². The molecule has 0 bridgehead atoms. The maximum Gasteiger partial charge on any atom is 0.255 e. The van der Waals surface area contributed by atoms with Crippen LogP contribution in [0.1, 0.15) is 78.1 Å². The molecule has 0 saturated carbocycles. The zero-order valence-corrected chi connectivity index (χ0v) is 31.8. The first-order valence-electron chi connectivity index (χ1n) is 20.0. The number of fused-ring (bicyclic) bond motifs is 1. The number of rotatable bonds is 10. The van der Waals surface area contributed by atoms with E-state index in [9.17, 15) is 19.5 Å². The van der Waals surface area contributed by atoms with Crippen LogP contribution in [-0.4, -0.2) is 84.5 Å². The SMILES string of the molecule is CC/C(=C(\c1ccc(O)cc1)c1ccc(N2CCC(CCN3CCN(c4ccc5c(c4)CN(C4CCC(=O)NC4=O)C5=O)CC3)CC2)cc1)c1ccccc1. The van der Waals surface area contributed by atoms with E-state index in [1.807, 2.05) is 24.3 Å². The number of phenolic OH excluding ortho intramolecular Hbond substituents is 1. The molecule has 55 heavy (non-hydrogen) atoms. The molecule has 1 unspecified atom stereocenters. The third-order valence-corrected chi connectivity index (χ3v) is 12.2. The Labute approximate surface area is 324 Å². The van der Waals surface area contributed by atoms with Crippen LogP contribution in [0, 0.1) is 5.92 Å². The van der Waals surface area contributed by atoms with Gasteiger partial charge in [-0.15, -0.1) is 0 Å². The number of piperazine rings is 1. The van der Waals surface area contributed by atoms with Crippen LogP contribution in [0.3, 0.4) is 0 Å². The van der Waals surface area contributed by atoms with E-state index < -0.39 is 6.04 Å². The van der Waals surface area contributed by atoms with Gasteiger partial charge >= 0.3 is 0 Å². The minimum absolute atomic E-state index is 0.123. The van der Waals surface area contributed by atoms with E-state index in [2.05, 4.69) is 87.6 Å². The lowest BCUT2D eigenvalue weighted by atomic mass is 9.88. The van der Waals surface area contributed by atoms with Crippen LogP contribution < -0.4 is 15.1 Å². The molecular weight excluding hydrogens is 687 g/mol. The van der Waals surface area contributed by atoms with Crippen molar-refractivity contribution in [2.24, 2.45) is 5.92 Å². The van der Waals surface area contributed by atoms with Gasteiger partial charge in [-0.3, -0.25) is 24.6 Å². The summed E-state index contributed by atoms with van der Waals surface area (Å²) >= 11 is 0. The molecule has 4 aromatic rings.